The molecule has 104 valence electrons. The summed E-state index contributed by atoms with van der Waals surface area (Å²) >= 11 is 11.9. The smallest absolute Gasteiger partial charge is 0.134 e. The Balaban J connectivity index is 0.00000180. The van der Waals surface area contributed by atoms with Crippen LogP contribution in [0.1, 0.15) is 19.1 Å². The van der Waals surface area contributed by atoms with Crippen molar-refractivity contribution in [1.82, 2.24) is 0 Å². The largest absolute Gasteiger partial charge is 0.461 e. The molecule has 1 aromatic heterocycles. The summed E-state index contributed by atoms with van der Waals surface area (Å²) < 4.78 is 5.76. The maximum Gasteiger partial charge on any atom is 0.134 e. The van der Waals surface area contributed by atoms with Crippen molar-refractivity contribution >= 4 is 35.6 Å². The summed E-state index contributed by atoms with van der Waals surface area (Å²) in [5, 5.41) is 1.07. The predicted octanol–water partition coefficient (Wildman–Crippen LogP) is 4.96. The van der Waals surface area contributed by atoms with E-state index in [2.05, 4.69) is 6.92 Å². The number of hydrogen-bond acceptors (Lipinski definition) is 2. The molecule has 2 nitrogen and oxygen atoms in total. The van der Waals surface area contributed by atoms with Crippen molar-refractivity contribution in [1.29, 1.82) is 0 Å². The summed E-state index contributed by atoms with van der Waals surface area (Å²) in [6.07, 6.45) is 1.68. The first-order valence-corrected chi connectivity index (χ1v) is 6.65. The van der Waals surface area contributed by atoms with Crippen LogP contribution in [0.3, 0.4) is 0 Å². The van der Waals surface area contributed by atoms with Gasteiger partial charge in [0, 0.05) is 18.0 Å². The molecule has 2 aromatic rings. The van der Waals surface area contributed by atoms with Gasteiger partial charge in [-0.25, -0.2) is 0 Å². The Bertz CT molecular complexity index is 539. The number of rotatable bonds is 4. The highest BCUT2D eigenvalue weighted by atomic mass is 35.5. The average molecular weight is 321 g/mol. The van der Waals surface area contributed by atoms with Gasteiger partial charge in [-0.2, -0.15) is 0 Å². The van der Waals surface area contributed by atoms with E-state index in [4.69, 9.17) is 33.4 Å². The lowest BCUT2D eigenvalue weighted by Gasteiger charge is -2.05. The average Bonchev–Trinajstić information content (AvgIpc) is 2.81. The van der Waals surface area contributed by atoms with Crippen molar-refractivity contribution in [2.24, 2.45) is 5.73 Å². The number of nitrogens with two attached hydrogens (primary N) is 1. The summed E-state index contributed by atoms with van der Waals surface area (Å²) in [6.45, 7) is 2.06. The third-order valence-electron chi connectivity index (χ3n) is 2.85. The molecule has 19 heavy (non-hydrogen) atoms. The molecule has 1 atom stereocenters. The van der Waals surface area contributed by atoms with Crippen LogP contribution in [0.25, 0.3) is 11.3 Å². The number of furan rings is 1. The second kappa shape index (κ2) is 7.20. The summed E-state index contributed by atoms with van der Waals surface area (Å²) in [4.78, 5) is 0. The molecule has 0 saturated heterocycles. The molecule has 0 radical (unpaired) electrons. The zero-order valence-electron chi connectivity index (χ0n) is 10.5. The van der Waals surface area contributed by atoms with E-state index in [-0.39, 0.29) is 18.4 Å². The molecule has 1 aromatic carbocycles. The molecule has 0 aliphatic heterocycles. The van der Waals surface area contributed by atoms with Crippen LogP contribution in [0, 0.1) is 0 Å². The van der Waals surface area contributed by atoms with Crippen LogP contribution in [0.5, 0.6) is 0 Å². The fourth-order valence-corrected chi connectivity index (χ4v) is 1.99. The van der Waals surface area contributed by atoms with Crippen LogP contribution in [-0.4, -0.2) is 6.04 Å². The zero-order chi connectivity index (χ0) is 13.1. The van der Waals surface area contributed by atoms with Gasteiger partial charge in [0.1, 0.15) is 11.5 Å². The van der Waals surface area contributed by atoms with E-state index in [9.17, 15) is 0 Å². The lowest BCUT2D eigenvalue weighted by molar-refractivity contribution is 0.490. The Morgan fingerprint density at radius 3 is 2.53 bits per heavy atom. The first-order chi connectivity index (χ1) is 8.60. The molecule has 0 saturated carbocycles. The number of hydrogen-bond donors (Lipinski definition) is 1. The van der Waals surface area contributed by atoms with E-state index >= 15 is 0 Å². The highest BCUT2D eigenvalue weighted by molar-refractivity contribution is 6.42. The molecule has 2 rings (SSSR count). The van der Waals surface area contributed by atoms with Crippen molar-refractivity contribution in [3.63, 3.8) is 0 Å². The minimum Gasteiger partial charge on any atom is -0.461 e. The fraction of sp³-hybridized carbons (Fsp3) is 0.286. The molecule has 1 heterocycles. The highest BCUT2D eigenvalue weighted by Crippen LogP contribution is 2.29. The number of benzene rings is 1. The Morgan fingerprint density at radius 1 is 1.16 bits per heavy atom. The molecule has 0 fully saturated rings. The first kappa shape index (κ1) is 16.4. The molecule has 0 aliphatic rings. The zero-order valence-corrected chi connectivity index (χ0v) is 12.9. The van der Waals surface area contributed by atoms with Gasteiger partial charge in [-0.15, -0.1) is 12.4 Å². The summed E-state index contributed by atoms with van der Waals surface area (Å²) in [5.74, 6) is 1.68. The van der Waals surface area contributed by atoms with E-state index in [0.29, 0.717) is 10.0 Å². The van der Waals surface area contributed by atoms with Gasteiger partial charge in [0.25, 0.3) is 0 Å². The Hall–Kier alpha value is -0.670. The van der Waals surface area contributed by atoms with Crippen LogP contribution in [-0.2, 0) is 6.42 Å². The van der Waals surface area contributed by atoms with E-state index in [1.54, 1.807) is 12.1 Å². The fourth-order valence-electron chi connectivity index (χ4n) is 1.69. The van der Waals surface area contributed by atoms with Gasteiger partial charge in [0.2, 0.25) is 0 Å². The van der Waals surface area contributed by atoms with E-state index in [0.717, 1.165) is 29.9 Å². The summed E-state index contributed by atoms with van der Waals surface area (Å²) in [7, 11) is 0. The van der Waals surface area contributed by atoms with Crippen LogP contribution < -0.4 is 5.73 Å². The molecule has 5 heteroatoms. The first-order valence-electron chi connectivity index (χ1n) is 5.90. The molecular formula is C14H16Cl3NO. The van der Waals surface area contributed by atoms with Crippen LogP contribution >= 0.6 is 35.6 Å². The number of halogens is 3. The lowest BCUT2D eigenvalue weighted by atomic mass is 10.1. The molecule has 2 N–H and O–H groups in total. The molecular weight excluding hydrogens is 305 g/mol. The van der Waals surface area contributed by atoms with Gasteiger partial charge < -0.3 is 10.2 Å². The van der Waals surface area contributed by atoms with Gasteiger partial charge in [0.05, 0.1) is 10.0 Å². The Labute approximate surface area is 129 Å². The molecule has 1 unspecified atom stereocenters. The van der Waals surface area contributed by atoms with Gasteiger partial charge in [-0.1, -0.05) is 30.1 Å². The van der Waals surface area contributed by atoms with Gasteiger partial charge in [-0.3, -0.25) is 0 Å². The van der Waals surface area contributed by atoms with Crippen molar-refractivity contribution in [3.05, 3.63) is 46.1 Å². The second-order valence-electron chi connectivity index (χ2n) is 4.27. The van der Waals surface area contributed by atoms with Gasteiger partial charge >= 0.3 is 0 Å². The molecule has 0 bridgehead atoms. The minimum atomic E-state index is 0. The minimum absolute atomic E-state index is 0. The van der Waals surface area contributed by atoms with Crippen LogP contribution in [0.2, 0.25) is 10.0 Å². The monoisotopic (exact) mass is 319 g/mol. The molecule has 0 amide bonds. The van der Waals surface area contributed by atoms with E-state index in [1.165, 1.54) is 0 Å². The van der Waals surface area contributed by atoms with Gasteiger partial charge in [0.15, 0.2) is 0 Å². The summed E-state index contributed by atoms with van der Waals surface area (Å²) in [5.41, 5.74) is 6.82. The van der Waals surface area contributed by atoms with Crippen LogP contribution in [0.15, 0.2) is 34.7 Å². The van der Waals surface area contributed by atoms with Crippen molar-refractivity contribution in [2.75, 3.05) is 0 Å². The molecule has 0 aliphatic carbocycles. The normalized spacial score (nSPS) is 12.0. The van der Waals surface area contributed by atoms with Crippen molar-refractivity contribution < 1.29 is 4.42 Å². The second-order valence-corrected chi connectivity index (χ2v) is 5.08. The topological polar surface area (TPSA) is 39.2 Å². The van der Waals surface area contributed by atoms with Crippen LogP contribution in [0.4, 0.5) is 0 Å². The Kier molecular flexibility index (Phi) is 6.21. The quantitative estimate of drug-likeness (QED) is 0.865. The standard InChI is InChI=1S/C14H15Cl2NO.ClH/c1-2-10(17)8-11-4-6-14(18-11)9-3-5-12(15)13(16)7-9;/h3-7,10H,2,8,17H2,1H3;1H. The lowest BCUT2D eigenvalue weighted by Crippen LogP contribution is -2.20. The van der Waals surface area contributed by atoms with Gasteiger partial charge in [-0.05, 0) is 36.8 Å². The maximum absolute atomic E-state index is 5.98. The highest BCUT2D eigenvalue weighted by Gasteiger charge is 2.09. The van der Waals surface area contributed by atoms with E-state index in [1.807, 2.05) is 18.2 Å². The summed E-state index contributed by atoms with van der Waals surface area (Å²) in [6, 6.07) is 9.46. The SMILES string of the molecule is CCC(N)Cc1ccc(-c2ccc(Cl)c(Cl)c2)o1.Cl. The van der Waals surface area contributed by atoms with E-state index < -0.39 is 0 Å². The Morgan fingerprint density at radius 2 is 1.89 bits per heavy atom. The third kappa shape index (κ3) is 4.15. The third-order valence-corrected chi connectivity index (χ3v) is 3.59. The maximum atomic E-state index is 5.98. The predicted molar refractivity (Wildman–Crippen MR) is 83.4 cm³/mol. The van der Waals surface area contributed by atoms with Crippen molar-refractivity contribution in [2.45, 2.75) is 25.8 Å². The molecule has 0 spiro atoms. The van der Waals surface area contributed by atoms with Crippen molar-refractivity contribution in [3.8, 4) is 11.3 Å².